The Kier molecular flexibility index (Phi) is 3.30. The van der Waals surface area contributed by atoms with Crippen molar-refractivity contribution in [1.29, 1.82) is 0 Å². The van der Waals surface area contributed by atoms with Gasteiger partial charge in [0.15, 0.2) is 0 Å². The van der Waals surface area contributed by atoms with Gasteiger partial charge in [-0.2, -0.15) is 0 Å². The minimum Gasteiger partial charge on any atom is -0.311 e. The maximum Gasteiger partial charge on any atom is 0.0563 e. The molecule has 0 N–H and O–H groups in total. The molecule has 0 atom stereocenters. The van der Waals surface area contributed by atoms with Gasteiger partial charge < -0.3 is 4.31 Å². The van der Waals surface area contributed by atoms with Crippen LogP contribution < -0.4 is 4.31 Å². The van der Waals surface area contributed by atoms with Crippen LogP contribution in [-0.4, -0.2) is 11.9 Å². The van der Waals surface area contributed by atoms with Gasteiger partial charge in [0.25, 0.3) is 0 Å². The number of unbranched alkanes of at least 4 members (excludes halogenated alkanes) is 1. The zero-order chi connectivity index (χ0) is 11.7. The van der Waals surface area contributed by atoms with Gasteiger partial charge in [0.05, 0.1) is 5.69 Å². The van der Waals surface area contributed by atoms with Crippen molar-refractivity contribution in [1.82, 2.24) is 0 Å². The third kappa shape index (κ3) is 2.06. The van der Waals surface area contributed by atoms with Gasteiger partial charge in [-0.1, -0.05) is 40.2 Å². The molecule has 0 aromatic heterocycles. The van der Waals surface area contributed by atoms with Crippen LogP contribution in [0.25, 0.3) is 10.8 Å². The molecule has 0 saturated carbocycles. The van der Waals surface area contributed by atoms with Gasteiger partial charge in [-0.3, -0.25) is 0 Å². The summed E-state index contributed by atoms with van der Waals surface area (Å²) in [5.41, 5.74) is 1.39. The first-order chi connectivity index (χ1) is 8.40. The van der Waals surface area contributed by atoms with Crippen LogP contribution >= 0.6 is 27.9 Å². The Balaban J connectivity index is 1.93. The van der Waals surface area contributed by atoms with E-state index in [0.29, 0.717) is 0 Å². The molecule has 0 bridgehead atoms. The van der Waals surface area contributed by atoms with Gasteiger partial charge in [-0.15, -0.1) is 0 Å². The summed E-state index contributed by atoms with van der Waals surface area (Å²) in [6.07, 6.45) is 2.48. The number of nitrogens with zero attached hydrogens (tertiary/aromatic N) is 1. The molecule has 0 aliphatic carbocycles. The normalized spacial score (nSPS) is 13.6. The first-order valence-corrected chi connectivity index (χ1v) is 7.83. The molecular formula is C14H14BrNS. The lowest BCUT2D eigenvalue weighted by Gasteiger charge is -2.17. The number of anilines is 1. The SMILES string of the molecule is BrCCCCN1Sc2cccc3cccc1c23. The van der Waals surface area contributed by atoms with Crippen LogP contribution in [0.4, 0.5) is 5.69 Å². The standard InChI is InChI=1S/C14H14BrNS/c15-9-1-2-10-16-12-7-3-5-11-6-4-8-13(17-16)14(11)12/h3-8H,1-2,9-10H2. The number of alkyl halides is 1. The van der Waals surface area contributed by atoms with E-state index in [1.807, 2.05) is 11.9 Å². The zero-order valence-electron chi connectivity index (χ0n) is 9.53. The van der Waals surface area contributed by atoms with Crippen molar-refractivity contribution in [2.45, 2.75) is 17.7 Å². The van der Waals surface area contributed by atoms with Crippen molar-refractivity contribution in [2.75, 3.05) is 16.2 Å². The molecule has 0 spiro atoms. The van der Waals surface area contributed by atoms with Crippen LogP contribution in [0, 0.1) is 0 Å². The second kappa shape index (κ2) is 4.91. The third-order valence-electron chi connectivity index (χ3n) is 3.07. The summed E-state index contributed by atoms with van der Waals surface area (Å²) < 4.78 is 2.43. The summed E-state index contributed by atoms with van der Waals surface area (Å²) in [4.78, 5) is 1.40. The van der Waals surface area contributed by atoms with E-state index in [1.165, 1.54) is 34.2 Å². The average molecular weight is 308 g/mol. The summed E-state index contributed by atoms with van der Waals surface area (Å²) in [7, 11) is 0. The molecule has 88 valence electrons. The van der Waals surface area contributed by atoms with E-state index < -0.39 is 0 Å². The van der Waals surface area contributed by atoms with Crippen molar-refractivity contribution in [3.05, 3.63) is 36.4 Å². The molecule has 3 rings (SSSR count). The molecule has 1 aliphatic heterocycles. The summed E-state index contributed by atoms with van der Waals surface area (Å²) in [6, 6.07) is 13.2. The molecule has 17 heavy (non-hydrogen) atoms. The monoisotopic (exact) mass is 307 g/mol. The Labute approximate surface area is 114 Å². The smallest absolute Gasteiger partial charge is 0.0563 e. The first-order valence-electron chi connectivity index (χ1n) is 5.93. The molecule has 0 unspecified atom stereocenters. The first kappa shape index (κ1) is 11.4. The molecule has 3 heteroatoms. The summed E-state index contributed by atoms with van der Waals surface area (Å²) >= 11 is 5.37. The minimum atomic E-state index is 1.10. The molecule has 1 nitrogen and oxygen atoms in total. The Morgan fingerprint density at radius 2 is 1.88 bits per heavy atom. The van der Waals surface area contributed by atoms with Crippen LogP contribution in [-0.2, 0) is 0 Å². The molecule has 1 heterocycles. The van der Waals surface area contributed by atoms with Gasteiger partial charge in [0.2, 0.25) is 0 Å². The van der Waals surface area contributed by atoms with Crippen molar-refractivity contribution in [3.63, 3.8) is 0 Å². The van der Waals surface area contributed by atoms with Crippen molar-refractivity contribution in [2.24, 2.45) is 0 Å². The molecule has 1 aliphatic rings. The number of rotatable bonds is 4. The Morgan fingerprint density at radius 3 is 2.71 bits per heavy atom. The second-order valence-electron chi connectivity index (χ2n) is 4.22. The topological polar surface area (TPSA) is 3.24 Å². The number of hydrogen-bond acceptors (Lipinski definition) is 2. The lowest BCUT2D eigenvalue weighted by atomic mass is 10.1. The van der Waals surface area contributed by atoms with E-state index in [2.05, 4.69) is 56.6 Å². The number of benzene rings is 2. The van der Waals surface area contributed by atoms with Gasteiger partial charge in [-0.25, -0.2) is 0 Å². The molecule has 0 saturated heterocycles. The molecule has 2 aromatic rings. The van der Waals surface area contributed by atoms with E-state index in [0.717, 1.165) is 11.9 Å². The Morgan fingerprint density at radius 1 is 1.06 bits per heavy atom. The summed E-state index contributed by atoms with van der Waals surface area (Å²) in [6.45, 7) is 1.13. The Bertz CT molecular complexity index is 535. The van der Waals surface area contributed by atoms with Crippen molar-refractivity contribution >= 4 is 44.3 Å². The van der Waals surface area contributed by atoms with Crippen LogP contribution in [0.5, 0.6) is 0 Å². The predicted octanol–water partition coefficient (Wildman–Crippen LogP) is 4.84. The van der Waals surface area contributed by atoms with Crippen LogP contribution in [0.15, 0.2) is 41.3 Å². The van der Waals surface area contributed by atoms with Gasteiger partial charge in [0.1, 0.15) is 0 Å². The Hall–Kier alpha value is -0.670. The van der Waals surface area contributed by atoms with E-state index in [4.69, 9.17) is 0 Å². The number of halogens is 1. The van der Waals surface area contributed by atoms with E-state index in [1.54, 1.807) is 0 Å². The quantitative estimate of drug-likeness (QED) is 0.451. The highest BCUT2D eigenvalue weighted by atomic mass is 79.9. The maximum atomic E-state index is 3.49. The summed E-state index contributed by atoms with van der Waals surface area (Å²) in [5.74, 6) is 0. The van der Waals surface area contributed by atoms with Gasteiger partial charge in [-0.05, 0) is 42.3 Å². The fourth-order valence-electron chi connectivity index (χ4n) is 2.26. The largest absolute Gasteiger partial charge is 0.311 e. The fourth-order valence-corrected chi connectivity index (χ4v) is 3.81. The van der Waals surface area contributed by atoms with Gasteiger partial charge >= 0.3 is 0 Å². The fraction of sp³-hybridized carbons (Fsp3) is 0.286. The van der Waals surface area contributed by atoms with E-state index in [-0.39, 0.29) is 0 Å². The zero-order valence-corrected chi connectivity index (χ0v) is 11.9. The van der Waals surface area contributed by atoms with Crippen LogP contribution in [0.1, 0.15) is 12.8 Å². The lowest BCUT2D eigenvalue weighted by molar-refractivity contribution is 0.822. The molecule has 2 aromatic carbocycles. The van der Waals surface area contributed by atoms with E-state index in [9.17, 15) is 0 Å². The van der Waals surface area contributed by atoms with E-state index >= 15 is 0 Å². The maximum absolute atomic E-state index is 3.49. The minimum absolute atomic E-state index is 1.10. The highest BCUT2D eigenvalue weighted by molar-refractivity contribution is 9.09. The number of hydrogen-bond donors (Lipinski definition) is 0. The highest BCUT2D eigenvalue weighted by Gasteiger charge is 2.21. The highest BCUT2D eigenvalue weighted by Crippen LogP contribution is 2.45. The lowest BCUT2D eigenvalue weighted by Crippen LogP contribution is -2.12. The van der Waals surface area contributed by atoms with Crippen molar-refractivity contribution in [3.8, 4) is 0 Å². The average Bonchev–Trinajstić information content (AvgIpc) is 2.71. The molecule has 0 radical (unpaired) electrons. The third-order valence-corrected chi connectivity index (χ3v) is 4.76. The summed E-state index contributed by atoms with van der Waals surface area (Å²) in [5, 5.41) is 3.89. The molecular weight excluding hydrogens is 294 g/mol. The van der Waals surface area contributed by atoms with Crippen LogP contribution in [0.3, 0.4) is 0 Å². The molecule has 0 amide bonds. The molecule has 0 fully saturated rings. The van der Waals surface area contributed by atoms with Crippen LogP contribution in [0.2, 0.25) is 0 Å². The predicted molar refractivity (Wildman–Crippen MR) is 80.2 cm³/mol. The second-order valence-corrected chi connectivity index (χ2v) is 6.08. The van der Waals surface area contributed by atoms with Gasteiger partial charge in [0, 0.05) is 22.2 Å². The van der Waals surface area contributed by atoms with Crippen molar-refractivity contribution < 1.29 is 0 Å².